The van der Waals surface area contributed by atoms with Gasteiger partial charge in [-0.2, -0.15) is 0 Å². The third-order valence-corrected chi connectivity index (χ3v) is 3.34. The lowest BCUT2D eigenvalue weighted by Crippen LogP contribution is -2.18. The van der Waals surface area contributed by atoms with Gasteiger partial charge < -0.3 is 14.8 Å². The summed E-state index contributed by atoms with van der Waals surface area (Å²) >= 11 is 0. The van der Waals surface area contributed by atoms with Crippen molar-refractivity contribution in [3.05, 3.63) is 54.1 Å². The van der Waals surface area contributed by atoms with Crippen LogP contribution in [0.1, 0.15) is 18.4 Å². The van der Waals surface area contributed by atoms with Crippen molar-refractivity contribution in [2.24, 2.45) is 0 Å². The van der Waals surface area contributed by atoms with E-state index >= 15 is 0 Å². The van der Waals surface area contributed by atoms with Gasteiger partial charge in [-0.3, -0.25) is 4.79 Å². The second-order valence-corrected chi connectivity index (χ2v) is 4.72. The van der Waals surface area contributed by atoms with Crippen molar-refractivity contribution in [1.82, 2.24) is 0 Å². The molecular formula is C17H19NO3. The number of carbonyl (C=O) groups is 1. The Kier molecular flexibility index (Phi) is 4.82. The summed E-state index contributed by atoms with van der Waals surface area (Å²) in [6.45, 7) is 1.87. The molecule has 0 aliphatic heterocycles. The third-order valence-electron chi connectivity index (χ3n) is 3.34. The number of ether oxygens (including phenoxy) is 2. The Morgan fingerprint density at radius 1 is 1.00 bits per heavy atom. The molecule has 110 valence electrons. The highest BCUT2D eigenvalue weighted by molar-refractivity contribution is 5.95. The molecule has 4 nitrogen and oxygen atoms in total. The molecule has 2 aromatic rings. The molecule has 0 bridgehead atoms. The first-order chi connectivity index (χ1) is 10.1. The maximum absolute atomic E-state index is 12.3. The summed E-state index contributed by atoms with van der Waals surface area (Å²) in [7, 11) is 3.22. The van der Waals surface area contributed by atoms with E-state index in [0.717, 1.165) is 22.7 Å². The number of carbonyl (C=O) groups excluding carboxylic acids is 1. The average molecular weight is 285 g/mol. The molecule has 1 atom stereocenters. The van der Waals surface area contributed by atoms with Gasteiger partial charge in [0.05, 0.1) is 20.1 Å². The van der Waals surface area contributed by atoms with Crippen LogP contribution in [0, 0.1) is 0 Å². The van der Waals surface area contributed by atoms with Gasteiger partial charge in [-0.25, -0.2) is 0 Å². The first-order valence-corrected chi connectivity index (χ1v) is 6.73. The molecule has 0 radical (unpaired) electrons. The second kappa shape index (κ2) is 6.79. The van der Waals surface area contributed by atoms with Crippen LogP contribution in [0.15, 0.2) is 48.5 Å². The topological polar surface area (TPSA) is 47.6 Å². The van der Waals surface area contributed by atoms with Crippen molar-refractivity contribution in [3.8, 4) is 11.5 Å². The summed E-state index contributed by atoms with van der Waals surface area (Å²) in [5, 5.41) is 2.89. The van der Waals surface area contributed by atoms with E-state index in [2.05, 4.69) is 5.32 Å². The zero-order valence-electron chi connectivity index (χ0n) is 12.4. The highest BCUT2D eigenvalue weighted by Gasteiger charge is 2.15. The molecular weight excluding hydrogens is 266 g/mol. The van der Waals surface area contributed by atoms with Crippen LogP contribution in [0.3, 0.4) is 0 Å². The van der Waals surface area contributed by atoms with Gasteiger partial charge in [-0.05, 0) is 48.9 Å². The number of anilines is 1. The Morgan fingerprint density at radius 3 is 2.29 bits per heavy atom. The van der Waals surface area contributed by atoms with Gasteiger partial charge in [-0.1, -0.05) is 12.1 Å². The van der Waals surface area contributed by atoms with E-state index in [9.17, 15) is 4.79 Å². The van der Waals surface area contributed by atoms with Gasteiger partial charge in [0, 0.05) is 5.69 Å². The number of amides is 1. The van der Waals surface area contributed by atoms with Crippen LogP contribution >= 0.6 is 0 Å². The van der Waals surface area contributed by atoms with Gasteiger partial charge in [0.15, 0.2) is 0 Å². The molecule has 0 fully saturated rings. The summed E-state index contributed by atoms with van der Waals surface area (Å²) < 4.78 is 10.3. The Labute approximate surface area is 124 Å². The smallest absolute Gasteiger partial charge is 0.231 e. The first kappa shape index (κ1) is 14.9. The molecule has 2 aromatic carbocycles. The van der Waals surface area contributed by atoms with E-state index in [-0.39, 0.29) is 11.8 Å². The minimum Gasteiger partial charge on any atom is -0.497 e. The first-order valence-electron chi connectivity index (χ1n) is 6.73. The molecule has 4 heteroatoms. The van der Waals surface area contributed by atoms with Gasteiger partial charge in [0.25, 0.3) is 0 Å². The Bertz CT molecular complexity index is 608. The van der Waals surface area contributed by atoms with Crippen LogP contribution in [0.25, 0.3) is 0 Å². The molecule has 0 heterocycles. The highest BCUT2D eigenvalue weighted by Crippen LogP contribution is 2.22. The number of methoxy groups -OCH3 is 2. The van der Waals surface area contributed by atoms with Crippen LogP contribution in [0.2, 0.25) is 0 Å². The lowest BCUT2D eigenvalue weighted by atomic mass is 10.00. The molecule has 0 saturated heterocycles. The van der Waals surface area contributed by atoms with Crippen molar-refractivity contribution < 1.29 is 14.3 Å². The van der Waals surface area contributed by atoms with Crippen LogP contribution < -0.4 is 14.8 Å². The fraction of sp³-hybridized carbons (Fsp3) is 0.235. The Hall–Kier alpha value is -2.49. The Balaban J connectivity index is 2.07. The molecule has 0 spiro atoms. The van der Waals surface area contributed by atoms with Gasteiger partial charge in [0.2, 0.25) is 5.91 Å². The third kappa shape index (κ3) is 3.75. The Morgan fingerprint density at radius 2 is 1.67 bits per heavy atom. The van der Waals surface area contributed by atoms with E-state index < -0.39 is 0 Å². The van der Waals surface area contributed by atoms with Gasteiger partial charge in [0.1, 0.15) is 11.5 Å². The minimum atomic E-state index is -0.262. The van der Waals surface area contributed by atoms with E-state index in [1.807, 2.05) is 55.5 Å². The number of rotatable bonds is 5. The molecule has 0 aliphatic rings. The van der Waals surface area contributed by atoms with E-state index in [1.54, 1.807) is 14.2 Å². The van der Waals surface area contributed by atoms with Crippen LogP contribution in [0.4, 0.5) is 5.69 Å². The van der Waals surface area contributed by atoms with Crippen molar-refractivity contribution >= 4 is 11.6 Å². The van der Waals surface area contributed by atoms with Crippen LogP contribution in [-0.2, 0) is 4.79 Å². The molecule has 2 rings (SSSR count). The summed E-state index contributed by atoms with van der Waals surface area (Å²) in [4.78, 5) is 12.3. The summed E-state index contributed by atoms with van der Waals surface area (Å²) in [5.74, 6) is 1.18. The molecule has 0 saturated carbocycles. The normalized spacial score (nSPS) is 11.6. The molecule has 1 amide bonds. The standard InChI is InChI=1S/C17H19NO3/c1-12(13-5-4-6-16(11-13)21-3)17(19)18-14-7-9-15(20-2)10-8-14/h4-12H,1-3H3,(H,18,19). The number of hydrogen-bond donors (Lipinski definition) is 1. The molecule has 1 N–H and O–H groups in total. The van der Waals surface area contributed by atoms with E-state index in [0.29, 0.717) is 0 Å². The molecule has 0 aromatic heterocycles. The number of nitrogens with one attached hydrogen (secondary N) is 1. The fourth-order valence-corrected chi connectivity index (χ4v) is 1.99. The summed E-state index contributed by atoms with van der Waals surface area (Å²) in [5.41, 5.74) is 1.66. The molecule has 0 aliphatic carbocycles. The van der Waals surface area contributed by atoms with Gasteiger partial charge in [-0.15, -0.1) is 0 Å². The van der Waals surface area contributed by atoms with Crippen molar-refractivity contribution in [2.45, 2.75) is 12.8 Å². The maximum Gasteiger partial charge on any atom is 0.231 e. The zero-order valence-corrected chi connectivity index (χ0v) is 12.4. The molecule has 21 heavy (non-hydrogen) atoms. The van der Waals surface area contributed by atoms with Crippen LogP contribution in [-0.4, -0.2) is 20.1 Å². The van der Waals surface area contributed by atoms with Crippen LogP contribution in [0.5, 0.6) is 11.5 Å². The monoisotopic (exact) mass is 285 g/mol. The second-order valence-electron chi connectivity index (χ2n) is 4.72. The molecule has 1 unspecified atom stereocenters. The number of hydrogen-bond acceptors (Lipinski definition) is 3. The largest absolute Gasteiger partial charge is 0.497 e. The SMILES string of the molecule is COc1ccc(NC(=O)C(C)c2cccc(OC)c2)cc1. The predicted molar refractivity (Wildman–Crippen MR) is 83.0 cm³/mol. The maximum atomic E-state index is 12.3. The van der Waals surface area contributed by atoms with Crippen molar-refractivity contribution in [3.63, 3.8) is 0 Å². The lowest BCUT2D eigenvalue weighted by Gasteiger charge is -2.13. The number of benzene rings is 2. The van der Waals surface area contributed by atoms with Crippen molar-refractivity contribution in [1.29, 1.82) is 0 Å². The fourth-order valence-electron chi connectivity index (χ4n) is 1.99. The van der Waals surface area contributed by atoms with E-state index in [4.69, 9.17) is 9.47 Å². The summed E-state index contributed by atoms with van der Waals surface area (Å²) in [6.07, 6.45) is 0. The zero-order chi connectivity index (χ0) is 15.2. The minimum absolute atomic E-state index is 0.0616. The highest BCUT2D eigenvalue weighted by atomic mass is 16.5. The summed E-state index contributed by atoms with van der Waals surface area (Å²) in [6, 6.07) is 14.8. The quantitative estimate of drug-likeness (QED) is 0.915. The van der Waals surface area contributed by atoms with Gasteiger partial charge >= 0.3 is 0 Å². The predicted octanol–water partition coefficient (Wildman–Crippen LogP) is 3.45. The van der Waals surface area contributed by atoms with E-state index in [1.165, 1.54) is 0 Å². The van der Waals surface area contributed by atoms with Crippen molar-refractivity contribution in [2.75, 3.05) is 19.5 Å². The lowest BCUT2D eigenvalue weighted by molar-refractivity contribution is -0.117. The average Bonchev–Trinajstić information content (AvgIpc) is 2.54.